The van der Waals surface area contributed by atoms with Crippen LogP contribution >= 0.6 is 0 Å². The van der Waals surface area contributed by atoms with Crippen molar-refractivity contribution in [2.45, 2.75) is 6.54 Å². The molecule has 0 unspecified atom stereocenters. The summed E-state index contributed by atoms with van der Waals surface area (Å²) in [5, 5.41) is 3.42. The monoisotopic (exact) mass is 296 g/mol. The summed E-state index contributed by atoms with van der Waals surface area (Å²) < 4.78 is 21.2. The summed E-state index contributed by atoms with van der Waals surface area (Å²) in [6.45, 7) is 4.62. The molecule has 1 aliphatic rings. The fourth-order valence-corrected chi connectivity index (χ4v) is 2.15. The Balaban J connectivity index is 1.79. The molecule has 118 valence electrons. The van der Waals surface area contributed by atoms with Crippen LogP contribution < -0.4 is 19.5 Å². The van der Waals surface area contributed by atoms with Crippen LogP contribution in [0.1, 0.15) is 5.56 Å². The van der Waals surface area contributed by atoms with Gasteiger partial charge in [0.05, 0.1) is 13.7 Å². The van der Waals surface area contributed by atoms with Gasteiger partial charge in [-0.15, -0.1) is 0 Å². The molecule has 0 atom stereocenters. The maximum Gasteiger partial charge on any atom is 0.231 e. The van der Waals surface area contributed by atoms with Crippen molar-refractivity contribution in [3.05, 3.63) is 17.7 Å². The molecule has 0 saturated heterocycles. The van der Waals surface area contributed by atoms with Crippen LogP contribution in [0, 0.1) is 0 Å². The van der Waals surface area contributed by atoms with Gasteiger partial charge in [-0.3, -0.25) is 0 Å². The first-order valence-corrected chi connectivity index (χ1v) is 7.09. The third kappa shape index (κ3) is 4.49. The van der Waals surface area contributed by atoms with Crippen LogP contribution in [0.5, 0.6) is 17.2 Å². The molecule has 1 N–H and O–H groups in total. The number of methoxy groups -OCH3 is 2. The van der Waals surface area contributed by atoms with E-state index in [2.05, 4.69) is 17.3 Å². The Kier molecular flexibility index (Phi) is 6.10. The van der Waals surface area contributed by atoms with E-state index >= 15 is 0 Å². The SMILES string of the molecule is COCCN(C)CCNCc1cc(OC)c2c(c1)OCO2. The predicted octanol–water partition coefficient (Wildman–Crippen LogP) is 1.09. The maximum absolute atomic E-state index is 5.42. The van der Waals surface area contributed by atoms with Gasteiger partial charge < -0.3 is 29.2 Å². The summed E-state index contributed by atoms with van der Waals surface area (Å²) in [4.78, 5) is 2.23. The van der Waals surface area contributed by atoms with Gasteiger partial charge in [0.2, 0.25) is 12.5 Å². The molecule has 2 rings (SSSR count). The molecule has 1 aromatic carbocycles. The molecule has 21 heavy (non-hydrogen) atoms. The van der Waals surface area contributed by atoms with Crippen molar-refractivity contribution >= 4 is 0 Å². The zero-order valence-electron chi connectivity index (χ0n) is 13.0. The predicted molar refractivity (Wildman–Crippen MR) is 80.2 cm³/mol. The number of ether oxygens (including phenoxy) is 4. The van der Waals surface area contributed by atoms with Crippen LogP contribution in [0.15, 0.2) is 12.1 Å². The Morgan fingerprint density at radius 1 is 1.24 bits per heavy atom. The van der Waals surface area contributed by atoms with Gasteiger partial charge in [-0.05, 0) is 24.7 Å². The number of nitrogens with one attached hydrogen (secondary N) is 1. The molecule has 0 fully saturated rings. The smallest absolute Gasteiger partial charge is 0.231 e. The number of benzene rings is 1. The van der Waals surface area contributed by atoms with E-state index < -0.39 is 0 Å². The Hall–Kier alpha value is -1.50. The molecular formula is C15H24N2O4. The molecule has 1 aromatic rings. The Bertz CT molecular complexity index is 454. The summed E-state index contributed by atoms with van der Waals surface area (Å²) in [5.41, 5.74) is 1.12. The van der Waals surface area contributed by atoms with Crippen molar-refractivity contribution in [2.24, 2.45) is 0 Å². The molecule has 0 radical (unpaired) electrons. The van der Waals surface area contributed by atoms with Gasteiger partial charge in [0.1, 0.15) is 0 Å². The van der Waals surface area contributed by atoms with Crippen LogP contribution in [0.4, 0.5) is 0 Å². The zero-order valence-corrected chi connectivity index (χ0v) is 13.0. The minimum Gasteiger partial charge on any atom is -0.493 e. The van der Waals surface area contributed by atoms with Gasteiger partial charge in [0.15, 0.2) is 11.5 Å². The fraction of sp³-hybridized carbons (Fsp3) is 0.600. The summed E-state index contributed by atoms with van der Waals surface area (Å²) in [6, 6.07) is 3.97. The van der Waals surface area contributed by atoms with Crippen molar-refractivity contribution in [1.29, 1.82) is 0 Å². The second kappa shape index (κ2) is 8.07. The summed E-state index contributed by atoms with van der Waals surface area (Å²) in [7, 11) is 5.45. The quantitative estimate of drug-likeness (QED) is 0.689. The van der Waals surface area contributed by atoms with Gasteiger partial charge >= 0.3 is 0 Å². The lowest BCUT2D eigenvalue weighted by atomic mass is 10.2. The van der Waals surface area contributed by atoms with E-state index in [0.717, 1.165) is 49.8 Å². The maximum atomic E-state index is 5.42. The van der Waals surface area contributed by atoms with E-state index in [0.29, 0.717) is 5.75 Å². The van der Waals surface area contributed by atoms with Crippen molar-refractivity contribution in [3.8, 4) is 17.2 Å². The number of nitrogens with zero attached hydrogens (tertiary/aromatic N) is 1. The molecule has 6 nitrogen and oxygen atoms in total. The first-order chi connectivity index (χ1) is 10.2. The summed E-state index contributed by atoms with van der Waals surface area (Å²) in [6.07, 6.45) is 0. The van der Waals surface area contributed by atoms with Crippen LogP contribution in [-0.4, -0.2) is 59.2 Å². The molecule has 0 aromatic heterocycles. The third-order valence-corrected chi connectivity index (χ3v) is 3.39. The van der Waals surface area contributed by atoms with E-state index in [1.807, 2.05) is 12.1 Å². The topological polar surface area (TPSA) is 52.2 Å². The van der Waals surface area contributed by atoms with Gasteiger partial charge in [-0.2, -0.15) is 0 Å². The fourth-order valence-electron chi connectivity index (χ4n) is 2.15. The van der Waals surface area contributed by atoms with Crippen molar-refractivity contribution in [2.75, 3.05) is 54.3 Å². The standard InChI is InChI=1S/C15H24N2O4/c1-17(6-7-18-2)5-4-16-10-12-8-13(19-3)15-14(9-12)20-11-21-15/h8-9,16H,4-7,10-11H2,1-3H3. The molecule has 0 aliphatic carbocycles. The minimum absolute atomic E-state index is 0.257. The first kappa shape index (κ1) is 15.9. The second-order valence-electron chi connectivity index (χ2n) is 5.00. The molecule has 1 heterocycles. The number of likely N-dealkylation sites (N-methyl/N-ethyl adjacent to an activating group) is 1. The Labute approximate surface area is 125 Å². The highest BCUT2D eigenvalue weighted by Crippen LogP contribution is 2.41. The van der Waals surface area contributed by atoms with Gasteiger partial charge in [-0.25, -0.2) is 0 Å². The molecular weight excluding hydrogens is 272 g/mol. The lowest BCUT2D eigenvalue weighted by molar-refractivity contribution is 0.161. The highest BCUT2D eigenvalue weighted by Gasteiger charge is 2.19. The summed E-state index contributed by atoms with van der Waals surface area (Å²) in [5.74, 6) is 2.17. The number of rotatable bonds is 9. The lowest BCUT2D eigenvalue weighted by Crippen LogP contribution is -2.31. The van der Waals surface area contributed by atoms with E-state index in [4.69, 9.17) is 18.9 Å². The molecule has 6 heteroatoms. The minimum atomic E-state index is 0.257. The average Bonchev–Trinajstić information content (AvgIpc) is 2.97. The van der Waals surface area contributed by atoms with Crippen molar-refractivity contribution < 1.29 is 18.9 Å². The van der Waals surface area contributed by atoms with Crippen LogP contribution in [0.3, 0.4) is 0 Å². The highest BCUT2D eigenvalue weighted by molar-refractivity contribution is 5.55. The number of hydrogen-bond donors (Lipinski definition) is 1. The van der Waals surface area contributed by atoms with Gasteiger partial charge in [0, 0.05) is 33.3 Å². The lowest BCUT2D eigenvalue weighted by Gasteiger charge is -2.16. The molecule has 0 bridgehead atoms. The normalized spacial score (nSPS) is 13.0. The zero-order chi connectivity index (χ0) is 15.1. The van der Waals surface area contributed by atoms with E-state index in [-0.39, 0.29) is 6.79 Å². The number of hydrogen-bond acceptors (Lipinski definition) is 6. The highest BCUT2D eigenvalue weighted by atomic mass is 16.7. The molecule has 0 saturated carbocycles. The van der Waals surface area contributed by atoms with Crippen molar-refractivity contribution in [3.63, 3.8) is 0 Å². The van der Waals surface area contributed by atoms with Gasteiger partial charge in [0.25, 0.3) is 0 Å². The van der Waals surface area contributed by atoms with E-state index in [9.17, 15) is 0 Å². The van der Waals surface area contributed by atoms with E-state index in [1.165, 1.54) is 0 Å². The molecule has 0 amide bonds. The Morgan fingerprint density at radius 3 is 2.86 bits per heavy atom. The average molecular weight is 296 g/mol. The van der Waals surface area contributed by atoms with Gasteiger partial charge in [-0.1, -0.05) is 0 Å². The van der Waals surface area contributed by atoms with Crippen molar-refractivity contribution in [1.82, 2.24) is 10.2 Å². The summed E-state index contributed by atoms with van der Waals surface area (Å²) >= 11 is 0. The molecule has 0 spiro atoms. The first-order valence-electron chi connectivity index (χ1n) is 7.09. The molecule has 1 aliphatic heterocycles. The Morgan fingerprint density at radius 2 is 2.10 bits per heavy atom. The van der Waals surface area contributed by atoms with Crippen LogP contribution in [-0.2, 0) is 11.3 Å². The van der Waals surface area contributed by atoms with Crippen LogP contribution in [0.2, 0.25) is 0 Å². The van der Waals surface area contributed by atoms with E-state index in [1.54, 1.807) is 14.2 Å². The van der Waals surface area contributed by atoms with Crippen LogP contribution in [0.25, 0.3) is 0 Å². The largest absolute Gasteiger partial charge is 0.493 e. The third-order valence-electron chi connectivity index (χ3n) is 3.39. The second-order valence-corrected chi connectivity index (χ2v) is 5.00. The number of fused-ring (bicyclic) bond motifs is 1.